The Kier molecular flexibility index (Phi) is 5.40. The van der Waals surface area contributed by atoms with E-state index in [1.807, 2.05) is 19.1 Å². The van der Waals surface area contributed by atoms with E-state index in [0.29, 0.717) is 12.2 Å². The first-order chi connectivity index (χ1) is 10.1. The summed E-state index contributed by atoms with van der Waals surface area (Å²) >= 11 is 0. The van der Waals surface area contributed by atoms with Gasteiger partial charge in [-0.15, -0.1) is 0 Å². The molecule has 0 spiro atoms. The lowest BCUT2D eigenvalue weighted by Gasteiger charge is -2.29. The zero-order valence-corrected chi connectivity index (χ0v) is 13.5. The van der Waals surface area contributed by atoms with Crippen LogP contribution in [-0.4, -0.2) is 31.0 Å². The summed E-state index contributed by atoms with van der Waals surface area (Å²) in [7, 11) is 2.18. The Morgan fingerprint density at radius 3 is 2.76 bits per heavy atom. The van der Waals surface area contributed by atoms with Crippen LogP contribution in [0.2, 0.25) is 0 Å². The number of hydrogen-bond donors (Lipinski definition) is 0. The SMILES string of the molecule is CCCC(=O)Oc1cccc(C2(CCC)CCN(C)C2)c1. The van der Waals surface area contributed by atoms with Crippen molar-refractivity contribution in [2.75, 3.05) is 20.1 Å². The van der Waals surface area contributed by atoms with Crippen molar-refractivity contribution in [2.24, 2.45) is 0 Å². The smallest absolute Gasteiger partial charge is 0.311 e. The quantitative estimate of drug-likeness (QED) is 0.590. The molecule has 116 valence electrons. The van der Waals surface area contributed by atoms with Crippen molar-refractivity contribution in [3.05, 3.63) is 29.8 Å². The van der Waals surface area contributed by atoms with Gasteiger partial charge in [0.15, 0.2) is 0 Å². The maximum atomic E-state index is 11.7. The summed E-state index contributed by atoms with van der Waals surface area (Å²) < 4.78 is 5.45. The van der Waals surface area contributed by atoms with Gasteiger partial charge in [-0.3, -0.25) is 4.79 Å². The number of hydrogen-bond acceptors (Lipinski definition) is 3. The Morgan fingerprint density at radius 2 is 2.14 bits per heavy atom. The second kappa shape index (κ2) is 7.08. The van der Waals surface area contributed by atoms with Gasteiger partial charge in [0.25, 0.3) is 0 Å². The first-order valence-electron chi connectivity index (χ1n) is 8.09. The van der Waals surface area contributed by atoms with Crippen LogP contribution in [0.3, 0.4) is 0 Å². The predicted molar refractivity (Wildman–Crippen MR) is 85.7 cm³/mol. The number of likely N-dealkylation sites (N-methyl/N-ethyl adjacent to an activating group) is 1. The van der Waals surface area contributed by atoms with E-state index in [1.165, 1.54) is 24.8 Å². The van der Waals surface area contributed by atoms with Crippen molar-refractivity contribution >= 4 is 5.97 Å². The second-order valence-electron chi connectivity index (χ2n) is 6.27. The molecule has 0 saturated carbocycles. The Bertz CT molecular complexity index is 482. The highest BCUT2D eigenvalue weighted by Gasteiger charge is 2.37. The molecule has 0 radical (unpaired) electrons. The summed E-state index contributed by atoms with van der Waals surface area (Å²) in [5.41, 5.74) is 1.53. The van der Waals surface area contributed by atoms with Crippen molar-refractivity contribution in [1.29, 1.82) is 0 Å². The first-order valence-corrected chi connectivity index (χ1v) is 8.09. The first kappa shape index (κ1) is 16.0. The van der Waals surface area contributed by atoms with Crippen molar-refractivity contribution in [2.45, 2.75) is 51.4 Å². The van der Waals surface area contributed by atoms with Gasteiger partial charge in [-0.2, -0.15) is 0 Å². The molecule has 1 aromatic rings. The molecule has 2 rings (SSSR count). The summed E-state index contributed by atoms with van der Waals surface area (Å²) in [6.45, 7) is 6.46. The van der Waals surface area contributed by atoms with Crippen molar-refractivity contribution in [1.82, 2.24) is 4.90 Å². The predicted octanol–water partition coefficient (Wildman–Crippen LogP) is 3.77. The van der Waals surface area contributed by atoms with E-state index in [2.05, 4.69) is 31.0 Å². The highest BCUT2D eigenvalue weighted by Crippen LogP contribution is 2.39. The molecule has 1 fully saturated rings. The summed E-state index contributed by atoms with van der Waals surface area (Å²) in [4.78, 5) is 14.1. The molecule has 0 aliphatic carbocycles. The topological polar surface area (TPSA) is 29.5 Å². The zero-order chi connectivity index (χ0) is 15.3. The molecule has 1 saturated heterocycles. The van der Waals surface area contributed by atoms with Gasteiger partial charge in [0.1, 0.15) is 5.75 Å². The minimum Gasteiger partial charge on any atom is -0.427 e. The van der Waals surface area contributed by atoms with E-state index in [9.17, 15) is 4.79 Å². The number of esters is 1. The van der Waals surface area contributed by atoms with Gasteiger partial charge in [0, 0.05) is 18.4 Å². The van der Waals surface area contributed by atoms with Crippen LogP contribution in [0.5, 0.6) is 5.75 Å². The molecule has 1 unspecified atom stereocenters. The van der Waals surface area contributed by atoms with Crippen LogP contribution in [0, 0.1) is 0 Å². The minimum atomic E-state index is -0.136. The van der Waals surface area contributed by atoms with Gasteiger partial charge < -0.3 is 9.64 Å². The highest BCUT2D eigenvalue weighted by molar-refractivity contribution is 5.72. The Labute approximate surface area is 128 Å². The monoisotopic (exact) mass is 289 g/mol. The molecule has 3 nitrogen and oxygen atoms in total. The Balaban J connectivity index is 2.20. The number of likely N-dealkylation sites (tertiary alicyclic amines) is 1. The van der Waals surface area contributed by atoms with Crippen molar-refractivity contribution in [3.8, 4) is 5.75 Å². The molecule has 21 heavy (non-hydrogen) atoms. The van der Waals surface area contributed by atoms with E-state index >= 15 is 0 Å². The Morgan fingerprint density at radius 1 is 1.33 bits per heavy atom. The molecule has 1 aromatic carbocycles. The van der Waals surface area contributed by atoms with E-state index < -0.39 is 0 Å². The van der Waals surface area contributed by atoms with Gasteiger partial charge in [0.05, 0.1) is 0 Å². The number of carbonyl (C=O) groups is 1. The normalized spacial score (nSPS) is 22.4. The zero-order valence-electron chi connectivity index (χ0n) is 13.5. The minimum absolute atomic E-state index is 0.136. The van der Waals surface area contributed by atoms with Gasteiger partial charge in [0.2, 0.25) is 0 Å². The summed E-state index contributed by atoms with van der Waals surface area (Å²) in [6, 6.07) is 8.16. The fourth-order valence-electron chi connectivity index (χ4n) is 3.42. The second-order valence-corrected chi connectivity index (χ2v) is 6.27. The summed E-state index contributed by atoms with van der Waals surface area (Å²) in [5.74, 6) is 0.554. The summed E-state index contributed by atoms with van der Waals surface area (Å²) in [6.07, 6.45) is 4.84. The fraction of sp³-hybridized carbons (Fsp3) is 0.611. The van der Waals surface area contributed by atoms with E-state index in [1.54, 1.807) is 0 Å². The lowest BCUT2D eigenvalue weighted by atomic mass is 9.76. The lowest BCUT2D eigenvalue weighted by molar-refractivity contribution is -0.134. The molecule has 0 N–H and O–H groups in total. The van der Waals surface area contributed by atoms with Crippen LogP contribution in [-0.2, 0) is 10.2 Å². The van der Waals surface area contributed by atoms with Gasteiger partial charge in [-0.05, 0) is 50.6 Å². The fourth-order valence-corrected chi connectivity index (χ4v) is 3.42. The highest BCUT2D eigenvalue weighted by atomic mass is 16.5. The molecule has 1 aliphatic rings. The average Bonchev–Trinajstić information content (AvgIpc) is 2.82. The lowest BCUT2D eigenvalue weighted by Crippen LogP contribution is -2.29. The van der Waals surface area contributed by atoms with Crippen LogP contribution in [0.1, 0.15) is 51.5 Å². The Hall–Kier alpha value is -1.35. The number of carbonyl (C=O) groups excluding carboxylic acids is 1. The van der Waals surface area contributed by atoms with Crippen LogP contribution in [0.15, 0.2) is 24.3 Å². The van der Waals surface area contributed by atoms with E-state index in [0.717, 1.165) is 19.5 Å². The van der Waals surface area contributed by atoms with Crippen LogP contribution in [0.25, 0.3) is 0 Å². The third-order valence-corrected chi connectivity index (χ3v) is 4.41. The average molecular weight is 289 g/mol. The maximum Gasteiger partial charge on any atom is 0.311 e. The third kappa shape index (κ3) is 3.85. The molecule has 0 bridgehead atoms. The van der Waals surface area contributed by atoms with Gasteiger partial charge in [-0.25, -0.2) is 0 Å². The summed E-state index contributed by atoms with van der Waals surface area (Å²) in [5, 5.41) is 0. The van der Waals surface area contributed by atoms with E-state index in [4.69, 9.17) is 4.74 Å². The standard InChI is InChI=1S/C18H27NO2/c1-4-7-17(20)21-16-9-6-8-15(13-16)18(10-5-2)11-12-19(3)14-18/h6,8-9,13H,4-5,7,10-12,14H2,1-3H3. The molecular weight excluding hydrogens is 262 g/mol. The van der Waals surface area contributed by atoms with Crippen molar-refractivity contribution < 1.29 is 9.53 Å². The number of nitrogens with zero attached hydrogens (tertiary/aromatic N) is 1. The molecule has 1 atom stereocenters. The largest absolute Gasteiger partial charge is 0.427 e. The molecule has 0 aromatic heterocycles. The number of ether oxygens (including phenoxy) is 1. The van der Waals surface area contributed by atoms with Crippen LogP contribution >= 0.6 is 0 Å². The van der Waals surface area contributed by atoms with Crippen LogP contribution in [0.4, 0.5) is 0 Å². The third-order valence-electron chi connectivity index (χ3n) is 4.41. The van der Waals surface area contributed by atoms with Gasteiger partial charge in [-0.1, -0.05) is 32.4 Å². The van der Waals surface area contributed by atoms with Crippen LogP contribution < -0.4 is 4.74 Å². The van der Waals surface area contributed by atoms with Crippen molar-refractivity contribution in [3.63, 3.8) is 0 Å². The van der Waals surface area contributed by atoms with E-state index in [-0.39, 0.29) is 11.4 Å². The maximum absolute atomic E-state index is 11.7. The van der Waals surface area contributed by atoms with Gasteiger partial charge >= 0.3 is 5.97 Å². The number of rotatable bonds is 6. The molecule has 0 amide bonds. The molecular formula is C18H27NO2. The molecule has 1 aliphatic heterocycles. The number of benzene rings is 1. The molecule has 3 heteroatoms. The molecule has 1 heterocycles.